The van der Waals surface area contributed by atoms with E-state index in [1.807, 2.05) is 0 Å². The second kappa shape index (κ2) is 8.55. The van der Waals surface area contributed by atoms with Gasteiger partial charge in [-0.25, -0.2) is 15.4 Å². The zero-order valence-electron chi connectivity index (χ0n) is 17.3. The molecule has 4 N–H and O–H groups in total. The lowest BCUT2D eigenvalue weighted by atomic mass is 9.96. The molecule has 0 bridgehead atoms. The van der Waals surface area contributed by atoms with Crippen molar-refractivity contribution in [3.05, 3.63) is 23.3 Å². The Kier molecular flexibility index (Phi) is 5.67. The molecule has 3 saturated heterocycles. The number of carbonyl (C=O) groups is 1. The smallest absolute Gasteiger partial charge is 0.234 e. The Labute approximate surface area is 173 Å². The number of aliphatic imine (C=N–C) groups is 1. The van der Waals surface area contributed by atoms with Crippen LogP contribution < -0.4 is 21.0 Å². The summed E-state index contributed by atoms with van der Waals surface area (Å²) in [5, 5.41) is 8.85. The first-order valence-corrected chi connectivity index (χ1v) is 11.4. The molecule has 0 aromatic carbocycles. The molecule has 1 amide bonds. The summed E-state index contributed by atoms with van der Waals surface area (Å²) in [6.45, 7) is 8.71. The molecule has 3 fully saturated rings. The van der Waals surface area contributed by atoms with E-state index < -0.39 is 0 Å². The normalized spacial score (nSPS) is 30.0. The van der Waals surface area contributed by atoms with Crippen molar-refractivity contribution in [2.24, 2.45) is 10.9 Å². The van der Waals surface area contributed by atoms with Crippen LogP contribution in [0.1, 0.15) is 32.1 Å². The second-order valence-electron chi connectivity index (χ2n) is 8.80. The van der Waals surface area contributed by atoms with Gasteiger partial charge in [0.2, 0.25) is 11.7 Å². The highest BCUT2D eigenvalue weighted by Gasteiger charge is 2.45. The summed E-state index contributed by atoms with van der Waals surface area (Å²) in [5.74, 6) is 2.69. The molecule has 5 aliphatic heterocycles. The fourth-order valence-corrected chi connectivity index (χ4v) is 5.13. The van der Waals surface area contributed by atoms with Crippen LogP contribution in [0.15, 0.2) is 28.3 Å². The van der Waals surface area contributed by atoms with Gasteiger partial charge >= 0.3 is 0 Å². The Balaban J connectivity index is 1.18. The zero-order valence-corrected chi connectivity index (χ0v) is 17.3. The number of carbonyl (C=O) groups excluding carboxylic acids is 1. The first kappa shape index (κ1) is 19.2. The lowest BCUT2D eigenvalue weighted by molar-refractivity contribution is -0.918. The fraction of sp³-hybridized carbons (Fsp3) is 0.714. The van der Waals surface area contributed by atoms with E-state index in [1.165, 1.54) is 54.4 Å². The summed E-state index contributed by atoms with van der Waals surface area (Å²) in [4.78, 5) is 21.4. The van der Waals surface area contributed by atoms with E-state index in [1.54, 1.807) is 0 Å². The molecule has 5 heterocycles. The van der Waals surface area contributed by atoms with E-state index >= 15 is 0 Å². The standard InChI is InChI=1S/C21H33N7O/c29-20(23-10-13-26-11-2-1-3-12-26)16-14-27(15-16)21-17-4-7-22-8-5-18(17)25-19-6-9-24-28(19)21/h6,16,22,24H,1-5,7-15H2,(H,23,29)/p+1. The number of nitrogens with one attached hydrogen (secondary N) is 4. The average Bonchev–Trinajstić information content (AvgIpc) is 3.04. The Hall–Kier alpha value is -1.74. The number of piperidine rings is 1. The van der Waals surface area contributed by atoms with Crippen LogP contribution in [0.4, 0.5) is 0 Å². The van der Waals surface area contributed by atoms with Gasteiger partial charge in [0, 0.05) is 32.6 Å². The quantitative estimate of drug-likeness (QED) is 0.467. The summed E-state index contributed by atoms with van der Waals surface area (Å²) in [6.07, 6.45) is 8.11. The third kappa shape index (κ3) is 3.99. The van der Waals surface area contributed by atoms with Crippen molar-refractivity contribution in [2.75, 3.05) is 58.9 Å². The monoisotopic (exact) mass is 400 g/mol. The van der Waals surface area contributed by atoms with Gasteiger partial charge in [-0.05, 0) is 45.0 Å². The van der Waals surface area contributed by atoms with Gasteiger partial charge in [0.05, 0.1) is 11.3 Å². The highest BCUT2D eigenvalue weighted by atomic mass is 16.2. The van der Waals surface area contributed by atoms with Crippen molar-refractivity contribution in [3.63, 3.8) is 0 Å². The van der Waals surface area contributed by atoms with E-state index in [4.69, 9.17) is 4.99 Å². The fourth-order valence-electron chi connectivity index (χ4n) is 5.13. The number of amides is 1. The minimum Gasteiger partial charge on any atom is -0.354 e. The van der Waals surface area contributed by atoms with E-state index in [0.717, 1.165) is 64.5 Å². The number of hydrogen-bond acceptors (Lipinski definition) is 6. The number of hydrazine groups is 1. The Morgan fingerprint density at radius 3 is 2.90 bits per heavy atom. The minimum absolute atomic E-state index is 0.126. The summed E-state index contributed by atoms with van der Waals surface area (Å²) in [7, 11) is 0. The summed E-state index contributed by atoms with van der Waals surface area (Å²) >= 11 is 0. The molecule has 0 aliphatic carbocycles. The lowest BCUT2D eigenvalue weighted by Gasteiger charge is -2.41. The Morgan fingerprint density at radius 1 is 1.21 bits per heavy atom. The van der Waals surface area contributed by atoms with Crippen LogP contribution in [0.2, 0.25) is 0 Å². The average molecular weight is 401 g/mol. The number of nitrogens with zero attached hydrogens (tertiary/aromatic N) is 3. The van der Waals surface area contributed by atoms with Gasteiger partial charge in [-0.1, -0.05) is 6.42 Å². The third-order valence-corrected chi connectivity index (χ3v) is 6.83. The molecule has 8 nitrogen and oxygen atoms in total. The highest BCUT2D eigenvalue weighted by molar-refractivity contribution is 6.02. The summed E-state index contributed by atoms with van der Waals surface area (Å²) in [6, 6.07) is 0. The molecule has 0 atom stereocenters. The van der Waals surface area contributed by atoms with Crippen LogP contribution in [0, 0.1) is 5.92 Å². The molecular formula is C21H34N7O+. The van der Waals surface area contributed by atoms with Crippen molar-refractivity contribution in [3.8, 4) is 0 Å². The SMILES string of the molecule is O=C(NCCN1CCCCC1)C1C[NH+](C2=C3CCNCCC3=NC3=CCNN32)C1. The van der Waals surface area contributed by atoms with Gasteiger partial charge < -0.3 is 15.5 Å². The van der Waals surface area contributed by atoms with Crippen molar-refractivity contribution in [2.45, 2.75) is 32.1 Å². The number of likely N-dealkylation sites (tertiary alicyclic amines) is 2. The van der Waals surface area contributed by atoms with E-state index in [2.05, 4.69) is 32.0 Å². The van der Waals surface area contributed by atoms with Gasteiger partial charge in [-0.2, -0.15) is 0 Å². The van der Waals surface area contributed by atoms with Crippen LogP contribution in [0.25, 0.3) is 0 Å². The molecule has 0 radical (unpaired) electrons. The number of fused-ring (bicyclic) bond motifs is 2. The van der Waals surface area contributed by atoms with Crippen molar-refractivity contribution >= 4 is 11.6 Å². The molecule has 0 aromatic heterocycles. The molecular weight excluding hydrogens is 366 g/mol. The molecule has 5 rings (SSSR count). The van der Waals surface area contributed by atoms with Crippen LogP contribution in [0.3, 0.4) is 0 Å². The molecule has 0 aromatic rings. The predicted molar refractivity (Wildman–Crippen MR) is 112 cm³/mol. The van der Waals surface area contributed by atoms with Crippen molar-refractivity contribution in [1.29, 1.82) is 0 Å². The van der Waals surface area contributed by atoms with Crippen molar-refractivity contribution < 1.29 is 9.69 Å². The van der Waals surface area contributed by atoms with Crippen LogP contribution in [0.5, 0.6) is 0 Å². The van der Waals surface area contributed by atoms with E-state index in [0.29, 0.717) is 0 Å². The molecule has 29 heavy (non-hydrogen) atoms. The predicted octanol–water partition coefficient (Wildman–Crippen LogP) is -1.19. The third-order valence-electron chi connectivity index (χ3n) is 6.83. The molecule has 0 saturated carbocycles. The number of quaternary nitrogens is 1. The van der Waals surface area contributed by atoms with Gasteiger partial charge in [0.1, 0.15) is 24.8 Å². The number of rotatable bonds is 5. The van der Waals surface area contributed by atoms with Crippen LogP contribution in [-0.2, 0) is 4.79 Å². The van der Waals surface area contributed by atoms with Gasteiger partial charge in [-0.15, -0.1) is 0 Å². The lowest BCUT2D eigenvalue weighted by Crippen LogP contribution is -3.20. The Morgan fingerprint density at radius 2 is 2.03 bits per heavy atom. The Bertz CT molecular complexity index is 731. The molecule has 5 aliphatic rings. The molecule has 0 unspecified atom stereocenters. The van der Waals surface area contributed by atoms with Crippen molar-refractivity contribution in [1.82, 2.24) is 26.0 Å². The van der Waals surface area contributed by atoms with Gasteiger partial charge in [0.25, 0.3) is 0 Å². The number of hydrogen-bond donors (Lipinski definition) is 4. The maximum absolute atomic E-state index is 12.6. The minimum atomic E-state index is 0.126. The first-order valence-electron chi connectivity index (χ1n) is 11.4. The highest BCUT2D eigenvalue weighted by Crippen LogP contribution is 2.27. The topological polar surface area (TPSA) is 76.4 Å². The second-order valence-corrected chi connectivity index (χ2v) is 8.80. The van der Waals surface area contributed by atoms with E-state index in [9.17, 15) is 4.79 Å². The maximum Gasteiger partial charge on any atom is 0.234 e. The van der Waals surface area contributed by atoms with Gasteiger partial charge in [0.15, 0.2) is 0 Å². The summed E-state index contributed by atoms with van der Waals surface area (Å²) < 4.78 is 0. The van der Waals surface area contributed by atoms with E-state index in [-0.39, 0.29) is 11.8 Å². The zero-order chi connectivity index (χ0) is 19.6. The maximum atomic E-state index is 12.6. The van der Waals surface area contributed by atoms with Crippen LogP contribution >= 0.6 is 0 Å². The largest absolute Gasteiger partial charge is 0.354 e. The molecule has 158 valence electrons. The van der Waals surface area contributed by atoms with Gasteiger partial charge in [-0.3, -0.25) is 9.69 Å². The summed E-state index contributed by atoms with van der Waals surface area (Å²) in [5.41, 5.74) is 6.06. The molecule has 8 heteroatoms. The van der Waals surface area contributed by atoms with Crippen LogP contribution in [-0.4, -0.2) is 80.4 Å². The first-order chi connectivity index (χ1) is 14.3. The molecule has 0 spiro atoms.